The zero-order valence-corrected chi connectivity index (χ0v) is 9.91. The van der Waals surface area contributed by atoms with Gasteiger partial charge in [0.1, 0.15) is 0 Å². The molecule has 0 spiro atoms. The van der Waals surface area contributed by atoms with Crippen LogP contribution in [-0.2, 0) is 10.1 Å². The Hall–Kier alpha value is -0.100. The molecule has 0 radical (unpaired) electrons. The molecule has 0 fully saturated rings. The highest BCUT2D eigenvalue weighted by atomic mass is 79.9. The number of aryl methyl sites for hydroxylation is 1. The van der Waals surface area contributed by atoms with E-state index in [4.69, 9.17) is 4.55 Å². The van der Waals surface area contributed by atoms with Crippen molar-refractivity contribution in [3.8, 4) is 0 Å². The van der Waals surface area contributed by atoms with Crippen molar-refractivity contribution in [1.29, 1.82) is 0 Å². The zero-order valence-electron chi connectivity index (χ0n) is 6.69. The lowest BCUT2D eigenvalue weighted by atomic mass is 10.2. The molecule has 0 unspecified atom stereocenters. The summed E-state index contributed by atoms with van der Waals surface area (Å²) in [6.45, 7) is 1.62. The maximum atomic E-state index is 10.7. The van der Waals surface area contributed by atoms with Crippen molar-refractivity contribution in [1.82, 2.24) is 0 Å². The molecule has 0 heterocycles. The second-order valence-corrected chi connectivity index (χ2v) is 4.69. The maximum Gasteiger partial charge on any atom is 0.294 e. The van der Waals surface area contributed by atoms with Crippen LogP contribution in [0.15, 0.2) is 27.6 Å². The van der Waals surface area contributed by atoms with Crippen molar-refractivity contribution >= 4 is 38.5 Å². The fourth-order valence-corrected chi connectivity index (χ4v) is 2.12. The molecule has 3 nitrogen and oxygen atoms in total. The molecule has 1 aromatic carbocycles. The van der Waals surface area contributed by atoms with Gasteiger partial charge in [-0.15, -0.1) is 12.4 Å². The molecule has 0 amide bonds. The van der Waals surface area contributed by atoms with E-state index in [1.54, 1.807) is 19.1 Å². The Kier molecular flexibility index (Phi) is 4.38. The number of hydrogen-bond acceptors (Lipinski definition) is 2. The molecule has 1 aromatic rings. The molecule has 6 heteroatoms. The molecule has 0 aliphatic rings. The average molecular weight is 288 g/mol. The van der Waals surface area contributed by atoms with Gasteiger partial charge in [0, 0.05) is 4.47 Å². The van der Waals surface area contributed by atoms with Gasteiger partial charge in [0.2, 0.25) is 0 Å². The summed E-state index contributed by atoms with van der Waals surface area (Å²) >= 11 is 3.11. The van der Waals surface area contributed by atoms with Crippen LogP contribution in [0.5, 0.6) is 0 Å². The molecule has 0 atom stereocenters. The third-order valence-electron chi connectivity index (χ3n) is 1.43. The van der Waals surface area contributed by atoms with Gasteiger partial charge in [-0.1, -0.05) is 22.0 Å². The quantitative estimate of drug-likeness (QED) is 0.807. The van der Waals surface area contributed by atoms with Crippen molar-refractivity contribution in [3.63, 3.8) is 0 Å². The Labute approximate surface area is 91.4 Å². The SMILES string of the molecule is Cc1ccc(Br)cc1S(=O)(=O)O.Cl. The number of halogens is 2. The van der Waals surface area contributed by atoms with E-state index in [2.05, 4.69) is 15.9 Å². The summed E-state index contributed by atoms with van der Waals surface area (Å²) in [4.78, 5) is -0.0584. The fourth-order valence-electron chi connectivity index (χ4n) is 0.852. The van der Waals surface area contributed by atoms with E-state index in [1.165, 1.54) is 6.07 Å². The highest BCUT2D eigenvalue weighted by molar-refractivity contribution is 9.10. The van der Waals surface area contributed by atoms with Crippen LogP contribution in [0.25, 0.3) is 0 Å². The van der Waals surface area contributed by atoms with Crippen LogP contribution in [0.1, 0.15) is 5.56 Å². The molecule has 0 saturated carbocycles. The third kappa shape index (κ3) is 3.27. The smallest absolute Gasteiger partial charge is 0.282 e. The van der Waals surface area contributed by atoms with Gasteiger partial charge >= 0.3 is 0 Å². The third-order valence-corrected chi connectivity index (χ3v) is 2.92. The van der Waals surface area contributed by atoms with Gasteiger partial charge in [0.05, 0.1) is 4.90 Å². The molecule has 0 aromatic heterocycles. The lowest BCUT2D eigenvalue weighted by Crippen LogP contribution is -2.00. The van der Waals surface area contributed by atoms with Gasteiger partial charge in [-0.3, -0.25) is 4.55 Å². The van der Waals surface area contributed by atoms with Crippen molar-refractivity contribution in [2.45, 2.75) is 11.8 Å². The molecule has 0 aliphatic heterocycles. The average Bonchev–Trinajstić information content (AvgIpc) is 1.92. The van der Waals surface area contributed by atoms with Gasteiger partial charge in [0.25, 0.3) is 10.1 Å². The van der Waals surface area contributed by atoms with Crippen molar-refractivity contribution < 1.29 is 13.0 Å². The second kappa shape index (κ2) is 4.41. The molecular formula is C7H8BrClO3S. The summed E-state index contributed by atoms with van der Waals surface area (Å²) in [6, 6.07) is 4.70. The van der Waals surface area contributed by atoms with Crippen LogP contribution in [0.4, 0.5) is 0 Å². The van der Waals surface area contributed by atoms with Crippen LogP contribution in [-0.4, -0.2) is 13.0 Å². The first-order chi connectivity index (χ1) is 5.41. The fraction of sp³-hybridized carbons (Fsp3) is 0.143. The topological polar surface area (TPSA) is 54.4 Å². The molecular weight excluding hydrogens is 279 g/mol. The monoisotopic (exact) mass is 286 g/mol. The van der Waals surface area contributed by atoms with Crippen molar-refractivity contribution in [2.24, 2.45) is 0 Å². The van der Waals surface area contributed by atoms with E-state index in [9.17, 15) is 8.42 Å². The Morgan fingerprint density at radius 3 is 2.31 bits per heavy atom. The summed E-state index contributed by atoms with van der Waals surface area (Å²) in [5.41, 5.74) is 0.528. The molecule has 0 aliphatic carbocycles. The van der Waals surface area contributed by atoms with Gasteiger partial charge in [-0.05, 0) is 24.6 Å². The van der Waals surface area contributed by atoms with Crippen LogP contribution in [0, 0.1) is 6.92 Å². The first kappa shape index (κ1) is 12.9. The number of hydrogen-bond donors (Lipinski definition) is 1. The van der Waals surface area contributed by atoms with Crippen LogP contribution >= 0.6 is 28.3 Å². The predicted octanol–water partition coefficient (Wildman–Crippen LogP) is 2.43. The van der Waals surface area contributed by atoms with Crippen molar-refractivity contribution in [2.75, 3.05) is 0 Å². The van der Waals surface area contributed by atoms with Crippen molar-refractivity contribution in [3.05, 3.63) is 28.2 Å². The van der Waals surface area contributed by atoms with Crippen LogP contribution < -0.4 is 0 Å². The van der Waals surface area contributed by atoms with E-state index in [0.717, 1.165) is 0 Å². The molecule has 0 saturated heterocycles. The summed E-state index contributed by atoms with van der Waals surface area (Å²) in [5.74, 6) is 0. The number of benzene rings is 1. The van der Waals surface area contributed by atoms with E-state index < -0.39 is 10.1 Å². The maximum absolute atomic E-state index is 10.7. The Morgan fingerprint density at radius 2 is 1.92 bits per heavy atom. The highest BCUT2D eigenvalue weighted by Crippen LogP contribution is 2.19. The minimum Gasteiger partial charge on any atom is -0.282 e. The minimum absolute atomic E-state index is 0. The molecule has 13 heavy (non-hydrogen) atoms. The van der Waals surface area contributed by atoms with E-state index in [0.29, 0.717) is 10.0 Å². The number of rotatable bonds is 1. The van der Waals surface area contributed by atoms with Crippen LogP contribution in [0.3, 0.4) is 0 Å². The van der Waals surface area contributed by atoms with E-state index >= 15 is 0 Å². The molecule has 1 N–H and O–H groups in total. The Bertz CT molecular complexity index is 402. The summed E-state index contributed by atoms with van der Waals surface area (Å²) in [5, 5.41) is 0. The first-order valence-corrected chi connectivity index (χ1v) is 5.38. The summed E-state index contributed by atoms with van der Waals surface area (Å²) in [6.07, 6.45) is 0. The predicted molar refractivity (Wildman–Crippen MR) is 55.9 cm³/mol. The highest BCUT2D eigenvalue weighted by Gasteiger charge is 2.12. The van der Waals surface area contributed by atoms with E-state index in [1.807, 2.05) is 0 Å². The van der Waals surface area contributed by atoms with E-state index in [-0.39, 0.29) is 17.3 Å². The largest absolute Gasteiger partial charge is 0.294 e. The van der Waals surface area contributed by atoms with Gasteiger partial charge < -0.3 is 0 Å². The standard InChI is InChI=1S/C7H7BrO3S.ClH/c1-5-2-3-6(8)4-7(5)12(9,10)11;/h2-4H,1H3,(H,9,10,11);1H. The molecule has 0 bridgehead atoms. The zero-order chi connectivity index (χ0) is 9.35. The molecule has 1 rings (SSSR count). The normalized spacial score (nSPS) is 10.7. The lowest BCUT2D eigenvalue weighted by Gasteiger charge is -2.01. The van der Waals surface area contributed by atoms with Crippen LogP contribution in [0.2, 0.25) is 0 Å². The summed E-state index contributed by atoms with van der Waals surface area (Å²) in [7, 11) is -4.09. The lowest BCUT2D eigenvalue weighted by molar-refractivity contribution is 0.482. The first-order valence-electron chi connectivity index (χ1n) is 3.15. The minimum atomic E-state index is -4.09. The molecule has 74 valence electrons. The summed E-state index contributed by atoms with van der Waals surface area (Å²) < 4.78 is 30.9. The second-order valence-electron chi connectivity index (χ2n) is 2.38. The Morgan fingerprint density at radius 1 is 1.38 bits per heavy atom. The Balaban J connectivity index is 0.00000144. The van der Waals surface area contributed by atoms with Gasteiger partial charge in [0.15, 0.2) is 0 Å². The van der Waals surface area contributed by atoms with Gasteiger partial charge in [-0.2, -0.15) is 8.42 Å². The van der Waals surface area contributed by atoms with Gasteiger partial charge in [-0.25, -0.2) is 0 Å².